The molecule has 2 rings (SSSR count). The zero-order chi connectivity index (χ0) is 33.6. The number of hydrogen-bond donors (Lipinski definition) is 5. The van der Waals surface area contributed by atoms with Gasteiger partial charge in [-0.05, 0) is 41.4 Å². The van der Waals surface area contributed by atoms with Crippen molar-refractivity contribution in [2.45, 2.75) is 112 Å². The summed E-state index contributed by atoms with van der Waals surface area (Å²) in [7, 11) is 1.44. The van der Waals surface area contributed by atoms with E-state index in [0.29, 0.717) is 19.4 Å². The van der Waals surface area contributed by atoms with E-state index in [1.807, 2.05) is 55.4 Å². The summed E-state index contributed by atoms with van der Waals surface area (Å²) in [4.78, 5) is 78.7. The van der Waals surface area contributed by atoms with Crippen LogP contribution in [0.15, 0.2) is 0 Å². The molecule has 5 atom stereocenters. The van der Waals surface area contributed by atoms with Crippen molar-refractivity contribution in [3.05, 3.63) is 0 Å². The Morgan fingerprint density at radius 3 is 2.00 bits per heavy atom. The summed E-state index contributed by atoms with van der Waals surface area (Å²) in [6.45, 7) is 15.4. The highest BCUT2D eigenvalue weighted by atomic mass is 16.5. The Balaban J connectivity index is 2.29. The molecule has 44 heavy (non-hydrogen) atoms. The molecule has 1 aliphatic carbocycles. The summed E-state index contributed by atoms with van der Waals surface area (Å²) >= 11 is 0. The number of Topliss-reactive ketones (excluding diaryl/α,β-unsaturated/α-hetero) is 1. The summed E-state index contributed by atoms with van der Waals surface area (Å²) in [5.74, 6) is -2.50. The largest absolute Gasteiger partial charge is 0.447 e. The first kappa shape index (κ1) is 36.8. The number of primary amides is 1. The molecule has 0 spiro atoms. The van der Waals surface area contributed by atoms with Crippen molar-refractivity contribution < 1.29 is 33.5 Å². The predicted octanol–water partition coefficient (Wildman–Crippen LogP) is 2.07. The zero-order valence-electron chi connectivity index (χ0n) is 27.9. The number of likely N-dealkylation sites (tertiary alicyclic amines) is 1. The van der Waals surface area contributed by atoms with Crippen molar-refractivity contribution in [2.24, 2.45) is 34.3 Å². The zero-order valence-corrected chi connectivity index (χ0v) is 27.9. The smallest absolute Gasteiger partial charge is 0.406 e. The highest BCUT2D eigenvalue weighted by Crippen LogP contribution is 2.33. The van der Waals surface area contributed by atoms with E-state index in [2.05, 4.69) is 21.3 Å². The van der Waals surface area contributed by atoms with Gasteiger partial charge in [-0.1, -0.05) is 74.7 Å². The predicted molar refractivity (Wildman–Crippen MR) is 165 cm³/mol. The average molecular weight is 623 g/mol. The maximum absolute atomic E-state index is 14.2. The summed E-state index contributed by atoms with van der Waals surface area (Å²) in [6.07, 6.45) is 2.93. The molecule has 13 heteroatoms. The highest BCUT2D eigenvalue weighted by Gasteiger charge is 2.46. The molecule has 0 aromatic rings. The molecule has 0 aromatic heterocycles. The van der Waals surface area contributed by atoms with Gasteiger partial charge in [-0.2, -0.15) is 0 Å². The first-order valence-corrected chi connectivity index (χ1v) is 15.6. The SMILES string of the molecule is CNC(=O)OC[C@@H](NC(=O)NC(C(=O)N1C[C@H](C(C)C)CC1C(=O)NC(CC1CCC1)C(=O)C(N)=O)C(C)(C)C)C(C)(C)C. The van der Waals surface area contributed by atoms with E-state index < -0.39 is 70.6 Å². The summed E-state index contributed by atoms with van der Waals surface area (Å²) in [5.41, 5.74) is 4.08. The summed E-state index contributed by atoms with van der Waals surface area (Å²) in [5, 5.41) is 10.8. The Kier molecular flexibility index (Phi) is 12.6. The molecule has 1 saturated heterocycles. The van der Waals surface area contributed by atoms with Crippen LogP contribution in [0.25, 0.3) is 0 Å². The Morgan fingerprint density at radius 2 is 1.55 bits per heavy atom. The highest BCUT2D eigenvalue weighted by molar-refractivity contribution is 6.37. The number of ketones is 1. The van der Waals surface area contributed by atoms with Crippen molar-refractivity contribution in [2.75, 3.05) is 20.2 Å². The van der Waals surface area contributed by atoms with Crippen molar-refractivity contribution in [3.8, 4) is 0 Å². The van der Waals surface area contributed by atoms with Crippen molar-refractivity contribution >= 4 is 35.6 Å². The van der Waals surface area contributed by atoms with E-state index in [4.69, 9.17) is 10.5 Å². The number of amides is 6. The third-order valence-corrected chi connectivity index (χ3v) is 8.86. The second-order valence-electron chi connectivity index (χ2n) is 14.8. The second-order valence-corrected chi connectivity index (χ2v) is 14.8. The molecule has 3 unspecified atom stereocenters. The monoisotopic (exact) mass is 622 g/mol. The number of alkyl carbamates (subject to hydrolysis) is 1. The topological polar surface area (TPSA) is 189 Å². The lowest BCUT2D eigenvalue weighted by Gasteiger charge is -2.37. The quantitative estimate of drug-likeness (QED) is 0.206. The number of rotatable bonds is 12. The lowest BCUT2D eigenvalue weighted by atomic mass is 9.80. The number of nitrogens with zero attached hydrogens (tertiary/aromatic N) is 1. The summed E-state index contributed by atoms with van der Waals surface area (Å²) in [6, 6.07) is -4.14. The van der Waals surface area contributed by atoms with E-state index >= 15 is 0 Å². The van der Waals surface area contributed by atoms with Gasteiger partial charge in [0, 0.05) is 13.6 Å². The van der Waals surface area contributed by atoms with Gasteiger partial charge in [0.15, 0.2) is 0 Å². The van der Waals surface area contributed by atoms with Crippen LogP contribution in [0.5, 0.6) is 0 Å². The molecule has 1 aliphatic heterocycles. The van der Waals surface area contributed by atoms with Crippen LogP contribution in [0.3, 0.4) is 0 Å². The van der Waals surface area contributed by atoms with Crippen LogP contribution in [-0.2, 0) is 23.9 Å². The Morgan fingerprint density at radius 1 is 0.932 bits per heavy atom. The second kappa shape index (κ2) is 15.1. The molecule has 2 fully saturated rings. The maximum atomic E-state index is 14.2. The molecule has 1 heterocycles. The van der Waals surface area contributed by atoms with Gasteiger partial charge in [0.25, 0.3) is 5.91 Å². The lowest BCUT2D eigenvalue weighted by molar-refractivity contribution is -0.143. The van der Waals surface area contributed by atoms with E-state index in [9.17, 15) is 28.8 Å². The minimum Gasteiger partial charge on any atom is -0.447 e. The Bertz CT molecular complexity index is 1080. The van der Waals surface area contributed by atoms with Crippen molar-refractivity contribution in [1.82, 2.24) is 26.2 Å². The number of carbonyl (C=O) groups is 6. The van der Waals surface area contributed by atoms with Crippen LogP contribution in [0.4, 0.5) is 9.59 Å². The van der Waals surface area contributed by atoms with Crippen LogP contribution in [0.1, 0.15) is 87.5 Å². The van der Waals surface area contributed by atoms with Crippen LogP contribution in [0.2, 0.25) is 0 Å². The number of urea groups is 1. The van der Waals surface area contributed by atoms with Crippen molar-refractivity contribution in [3.63, 3.8) is 0 Å². The number of hydrogen-bond acceptors (Lipinski definition) is 7. The fourth-order valence-electron chi connectivity index (χ4n) is 5.46. The fraction of sp³-hybridized carbons (Fsp3) is 0.806. The maximum Gasteiger partial charge on any atom is 0.406 e. The van der Waals surface area contributed by atoms with E-state index in [1.165, 1.54) is 11.9 Å². The molecule has 6 amide bonds. The molecule has 1 saturated carbocycles. The van der Waals surface area contributed by atoms with Crippen molar-refractivity contribution in [1.29, 1.82) is 0 Å². The van der Waals surface area contributed by atoms with Crippen LogP contribution < -0.4 is 27.0 Å². The van der Waals surface area contributed by atoms with Gasteiger partial charge in [0.1, 0.15) is 18.7 Å². The van der Waals surface area contributed by atoms with Crippen LogP contribution in [0, 0.1) is 28.6 Å². The number of ether oxygens (including phenoxy) is 1. The van der Waals surface area contributed by atoms with Crippen LogP contribution >= 0.6 is 0 Å². The molecule has 13 nitrogen and oxygen atoms in total. The molecule has 250 valence electrons. The van der Waals surface area contributed by atoms with E-state index in [1.54, 1.807) is 0 Å². The van der Waals surface area contributed by atoms with E-state index in [-0.39, 0.29) is 24.4 Å². The third kappa shape index (κ3) is 10.1. The minimum atomic E-state index is -1.11. The number of nitrogens with two attached hydrogens (primary N) is 1. The fourth-order valence-corrected chi connectivity index (χ4v) is 5.46. The molecular formula is C31H54N6O7. The van der Waals surface area contributed by atoms with E-state index in [0.717, 1.165) is 19.3 Å². The van der Waals surface area contributed by atoms with Gasteiger partial charge in [-0.25, -0.2) is 9.59 Å². The molecule has 0 aromatic carbocycles. The first-order chi connectivity index (χ1) is 20.3. The molecular weight excluding hydrogens is 568 g/mol. The number of nitrogens with one attached hydrogen (secondary N) is 4. The molecule has 0 bridgehead atoms. The van der Waals surface area contributed by atoms with Gasteiger partial charge in [-0.15, -0.1) is 0 Å². The Hall–Kier alpha value is -3.38. The van der Waals surface area contributed by atoms with Gasteiger partial charge in [0.2, 0.25) is 17.6 Å². The normalized spacial score (nSPS) is 21.0. The molecule has 0 radical (unpaired) electrons. The third-order valence-electron chi connectivity index (χ3n) is 8.86. The summed E-state index contributed by atoms with van der Waals surface area (Å²) < 4.78 is 5.19. The van der Waals surface area contributed by atoms with Gasteiger partial charge in [0.05, 0.1) is 12.1 Å². The van der Waals surface area contributed by atoms with Crippen LogP contribution in [-0.4, -0.2) is 84.9 Å². The minimum absolute atomic E-state index is 0.00759. The number of carbonyl (C=O) groups excluding carboxylic acids is 6. The molecule has 6 N–H and O–H groups in total. The van der Waals surface area contributed by atoms with Gasteiger partial charge in [-0.3, -0.25) is 19.2 Å². The lowest BCUT2D eigenvalue weighted by Crippen LogP contribution is -2.61. The first-order valence-electron chi connectivity index (χ1n) is 15.6. The molecule has 2 aliphatic rings. The average Bonchev–Trinajstić information content (AvgIpc) is 3.34. The van der Waals surface area contributed by atoms with Gasteiger partial charge >= 0.3 is 12.1 Å². The Labute approximate surface area is 261 Å². The standard InChI is InChI=1S/C31H54N6O7/c1-17(2)19-14-21(26(40)34-20(23(38)25(32)39)13-18-11-10-12-18)37(15-19)27(41)24(31(6,7)8)36-28(42)35-22(30(3,4)5)16-44-29(43)33-9/h17-22,24H,10-16H2,1-9H3,(H2,32,39)(H,33,43)(H,34,40)(H2,35,36,42)/t19-,20?,21?,22-,24?/m1/s1. The van der Waals surface area contributed by atoms with Gasteiger partial charge < -0.3 is 36.6 Å².